The Morgan fingerprint density at radius 3 is 2.44 bits per heavy atom. The maximum absolute atomic E-state index is 13.1. The average molecular weight is 462 g/mol. The average Bonchev–Trinajstić information content (AvgIpc) is 3.16. The largest absolute Gasteiger partial charge is 0.487 e. The van der Waals surface area contributed by atoms with Crippen LogP contribution in [-0.2, 0) is 17.8 Å². The van der Waals surface area contributed by atoms with Crippen LogP contribution in [0.5, 0.6) is 5.75 Å². The molecule has 3 aliphatic rings. The molecular weight excluding hydrogens is 426 g/mol. The minimum Gasteiger partial charge on any atom is -0.487 e. The Labute approximate surface area is 202 Å². The Morgan fingerprint density at radius 1 is 1.00 bits per heavy atom. The van der Waals surface area contributed by atoms with Crippen LogP contribution in [0.25, 0.3) is 0 Å². The Kier molecular flexibility index (Phi) is 6.11. The zero-order chi connectivity index (χ0) is 23.8. The Hall–Kier alpha value is -2.86. The number of piperidine rings is 2. The van der Waals surface area contributed by atoms with Crippen LogP contribution in [0.15, 0.2) is 42.5 Å². The van der Waals surface area contributed by atoms with Gasteiger partial charge in [-0.25, -0.2) is 0 Å². The summed E-state index contributed by atoms with van der Waals surface area (Å²) in [7, 11) is 0. The fourth-order valence-electron chi connectivity index (χ4n) is 5.94. The second-order valence-electron chi connectivity index (χ2n) is 10.8. The number of likely N-dealkylation sites (tertiary alicyclic amines) is 2. The van der Waals surface area contributed by atoms with Crippen molar-refractivity contribution in [2.75, 3.05) is 31.5 Å². The van der Waals surface area contributed by atoms with E-state index in [-0.39, 0.29) is 11.5 Å². The summed E-state index contributed by atoms with van der Waals surface area (Å²) in [5.41, 5.74) is 4.02. The molecule has 0 atom stereocenters. The van der Waals surface area contributed by atoms with Crippen molar-refractivity contribution in [1.29, 1.82) is 0 Å². The molecule has 3 aliphatic heterocycles. The van der Waals surface area contributed by atoms with Crippen LogP contribution in [0.1, 0.15) is 61.0 Å². The molecule has 3 heterocycles. The van der Waals surface area contributed by atoms with E-state index >= 15 is 0 Å². The maximum Gasteiger partial charge on any atom is 0.255 e. The van der Waals surface area contributed by atoms with Crippen molar-refractivity contribution in [2.45, 2.75) is 58.1 Å². The Balaban J connectivity index is 1.17. The van der Waals surface area contributed by atoms with Crippen molar-refractivity contribution in [3.63, 3.8) is 0 Å². The van der Waals surface area contributed by atoms with Gasteiger partial charge in [0.15, 0.2) is 0 Å². The van der Waals surface area contributed by atoms with Crippen molar-refractivity contribution < 1.29 is 14.3 Å². The van der Waals surface area contributed by atoms with Crippen LogP contribution in [-0.4, -0.2) is 53.9 Å². The number of carbonyl (C=O) groups is 2. The van der Waals surface area contributed by atoms with Gasteiger partial charge in [0.25, 0.3) is 5.91 Å². The summed E-state index contributed by atoms with van der Waals surface area (Å²) in [6, 6.07) is 13.8. The van der Waals surface area contributed by atoms with Gasteiger partial charge in [-0.3, -0.25) is 14.5 Å². The van der Waals surface area contributed by atoms with Crippen LogP contribution in [0.4, 0.5) is 5.69 Å². The lowest BCUT2D eigenvalue weighted by Gasteiger charge is -2.47. The number of ether oxygens (including phenoxy) is 1. The highest BCUT2D eigenvalue weighted by atomic mass is 16.5. The molecule has 2 amide bonds. The minimum atomic E-state index is -0.111. The van der Waals surface area contributed by atoms with Gasteiger partial charge in [0.1, 0.15) is 11.4 Å². The quantitative estimate of drug-likeness (QED) is 0.667. The number of amides is 2. The Bertz CT molecular complexity index is 1060. The fraction of sp³-hybridized carbons (Fsp3) is 0.500. The summed E-state index contributed by atoms with van der Waals surface area (Å²) in [4.78, 5) is 28.5. The number of carbonyl (C=O) groups excluding carboxylic acids is 2. The van der Waals surface area contributed by atoms with Gasteiger partial charge < -0.3 is 15.0 Å². The molecule has 6 nitrogen and oxygen atoms in total. The van der Waals surface area contributed by atoms with E-state index in [1.807, 2.05) is 17.0 Å². The third-order valence-corrected chi connectivity index (χ3v) is 7.97. The van der Waals surface area contributed by atoms with E-state index in [4.69, 9.17) is 4.74 Å². The summed E-state index contributed by atoms with van der Waals surface area (Å²) in [5, 5.41) is 2.66. The predicted octanol–water partition coefficient (Wildman–Crippen LogP) is 4.49. The predicted molar refractivity (Wildman–Crippen MR) is 133 cm³/mol. The monoisotopic (exact) mass is 461 g/mol. The fourth-order valence-corrected chi connectivity index (χ4v) is 5.94. The summed E-state index contributed by atoms with van der Waals surface area (Å²) >= 11 is 0. The van der Waals surface area contributed by atoms with Gasteiger partial charge in [0, 0.05) is 31.6 Å². The molecule has 180 valence electrons. The van der Waals surface area contributed by atoms with E-state index in [2.05, 4.69) is 42.3 Å². The van der Waals surface area contributed by atoms with Crippen LogP contribution in [0.3, 0.4) is 0 Å². The summed E-state index contributed by atoms with van der Waals surface area (Å²) in [6.07, 6.45) is 6.06. The number of hydrogen-bond acceptors (Lipinski definition) is 4. The molecule has 2 fully saturated rings. The number of para-hydroxylation sites is 2. The van der Waals surface area contributed by atoms with E-state index in [1.54, 1.807) is 12.1 Å². The first-order chi connectivity index (χ1) is 16.4. The molecule has 2 aromatic rings. The third kappa shape index (κ3) is 4.56. The maximum atomic E-state index is 13.1. The first kappa shape index (κ1) is 22.9. The highest BCUT2D eigenvalue weighted by Crippen LogP contribution is 2.43. The SMILES string of the molecule is CC1(C)Cc2cccc(CN3CCC4(CC3)CCN(C(=O)c3ccccc3NC=O)CC4)c2O1. The van der Waals surface area contributed by atoms with Crippen LogP contribution in [0.2, 0.25) is 0 Å². The number of nitrogens with zero attached hydrogens (tertiary/aromatic N) is 2. The minimum absolute atomic E-state index is 0.0121. The number of anilines is 1. The number of benzene rings is 2. The molecule has 2 saturated heterocycles. The number of rotatable bonds is 5. The van der Waals surface area contributed by atoms with Gasteiger partial charge in [-0.15, -0.1) is 0 Å². The van der Waals surface area contributed by atoms with Gasteiger partial charge >= 0.3 is 0 Å². The van der Waals surface area contributed by atoms with E-state index in [0.717, 1.165) is 57.7 Å². The molecule has 2 aromatic carbocycles. The summed E-state index contributed by atoms with van der Waals surface area (Å²) < 4.78 is 6.28. The molecule has 34 heavy (non-hydrogen) atoms. The van der Waals surface area contributed by atoms with Gasteiger partial charge in [0.05, 0.1) is 11.3 Å². The van der Waals surface area contributed by atoms with Crippen LogP contribution in [0, 0.1) is 5.41 Å². The topological polar surface area (TPSA) is 61.9 Å². The molecule has 0 aromatic heterocycles. The van der Waals surface area contributed by atoms with Gasteiger partial charge in [-0.2, -0.15) is 0 Å². The number of fused-ring (bicyclic) bond motifs is 1. The number of hydrogen-bond donors (Lipinski definition) is 1. The highest BCUT2D eigenvalue weighted by Gasteiger charge is 2.39. The summed E-state index contributed by atoms with van der Waals surface area (Å²) in [6.45, 7) is 9.01. The van der Waals surface area contributed by atoms with E-state index < -0.39 is 0 Å². The van der Waals surface area contributed by atoms with Crippen molar-refractivity contribution in [1.82, 2.24) is 9.80 Å². The van der Waals surface area contributed by atoms with Crippen LogP contribution >= 0.6 is 0 Å². The molecule has 1 spiro atoms. The van der Waals surface area contributed by atoms with Gasteiger partial charge in [-0.05, 0) is 75.7 Å². The summed E-state index contributed by atoms with van der Waals surface area (Å²) in [5.74, 6) is 1.11. The van der Waals surface area contributed by atoms with Gasteiger partial charge in [-0.1, -0.05) is 30.3 Å². The molecule has 6 heteroatoms. The van der Waals surface area contributed by atoms with E-state index in [9.17, 15) is 9.59 Å². The van der Waals surface area contributed by atoms with E-state index in [0.29, 0.717) is 23.1 Å². The van der Waals surface area contributed by atoms with E-state index in [1.165, 1.54) is 24.0 Å². The highest BCUT2D eigenvalue weighted by molar-refractivity contribution is 6.01. The standard InChI is InChI=1S/C28H35N3O3/c1-27(2)18-21-6-5-7-22(25(21)34-27)19-30-14-10-28(11-15-30)12-16-31(17-13-28)26(33)23-8-3-4-9-24(23)29-20-32/h3-9,20H,10-19H2,1-2H3,(H,29,32). The smallest absolute Gasteiger partial charge is 0.255 e. The molecule has 5 rings (SSSR count). The van der Waals surface area contributed by atoms with Crippen LogP contribution < -0.4 is 10.1 Å². The molecule has 0 bridgehead atoms. The zero-order valence-electron chi connectivity index (χ0n) is 20.3. The lowest BCUT2D eigenvalue weighted by molar-refractivity contribution is -0.105. The zero-order valence-corrected chi connectivity index (χ0v) is 20.3. The molecule has 0 radical (unpaired) electrons. The van der Waals surface area contributed by atoms with Crippen molar-refractivity contribution in [3.05, 3.63) is 59.2 Å². The lowest BCUT2D eigenvalue weighted by Crippen LogP contribution is -2.48. The first-order valence-electron chi connectivity index (χ1n) is 12.5. The molecular formula is C28H35N3O3. The van der Waals surface area contributed by atoms with Crippen molar-refractivity contribution in [2.24, 2.45) is 5.41 Å². The molecule has 0 saturated carbocycles. The third-order valence-electron chi connectivity index (χ3n) is 7.97. The van der Waals surface area contributed by atoms with Crippen molar-refractivity contribution in [3.8, 4) is 5.75 Å². The number of nitrogens with one attached hydrogen (secondary N) is 1. The molecule has 0 aliphatic carbocycles. The normalized spacial score (nSPS) is 21.1. The molecule has 0 unspecified atom stereocenters. The van der Waals surface area contributed by atoms with Gasteiger partial charge in [0.2, 0.25) is 6.41 Å². The molecule has 1 N–H and O–H groups in total. The lowest BCUT2D eigenvalue weighted by atomic mass is 9.71. The second kappa shape index (κ2) is 9.06. The Morgan fingerprint density at radius 2 is 1.71 bits per heavy atom. The first-order valence-corrected chi connectivity index (χ1v) is 12.5. The second-order valence-corrected chi connectivity index (χ2v) is 10.8. The van der Waals surface area contributed by atoms with Crippen molar-refractivity contribution >= 4 is 18.0 Å².